The topological polar surface area (TPSA) is 47.1 Å². The summed E-state index contributed by atoms with van der Waals surface area (Å²) in [6.45, 7) is -0.327. The number of alkyl halides is 3. The van der Waals surface area contributed by atoms with E-state index in [0.29, 0.717) is 11.7 Å². The van der Waals surface area contributed by atoms with Crippen LogP contribution in [0.5, 0.6) is 0 Å². The van der Waals surface area contributed by atoms with Crippen molar-refractivity contribution in [2.75, 3.05) is 19.6 Å². The van der Waals surface area contributed by atoms with Crippen molar-refractivity contribution in [3.8, 4) is 0 Å². The molecule has 1 aromatic heterocycles. The second-order valence-corrected chi connectivity index (χ2v) is 5.69. The standard InChI is InChI=1S/C14H23F3N4/c15-14(16,17)11-20(9-7-18)10-12-6-8-21(19-12)13-4-2-1-3-5-13/h6,8,13H,1-5,7,9-11,18H2. The van der Waals surface area contributed by atoms with Crippen LogP contribution in [0.3, 0.4) is 0 Å². The molecular weight excluding hydrogens is 281 g/mol. The monoisotopic (exact) mass is 304 g/mol. The van der Waals surface area contributed by atoms with Gasteiger partial charge in [-0.3, -0.25) is 9.58 Å². The maximum Gasteiger partial charge on any atom is 0.401 e. The van der Waals surface area contributed by atoms with Gasteiger partial charge in [-0.2, -0.15) is 18.3 Å². The van der Waals surface area contributed by atoms with Crippen molar-refractivity contribution in [3.05, 3.63) is 18.0 Å². The molecule has 1 fully saturated rings. The number of nitrogens with zero attached hydrogens (tertiary/aromatic N) is 3. The molecule has 1 heterocycles. The van der Waals surface area contributed by atoms with Crippen molar-refractivity contribution in [1.29, 1.82) is 0 Å². The fourth-order valence-electron chi connectivity index (χ4n) is 2.89. The lowest BCUT2D eigenvalue weighted by Crippen LogP contribution is -2.37. The molecule has 0 bridgehead atoms. The molecule has 1 aromatic rings. The van der Waals surface area contributed by atoms with Crippen LogP contribution in [-0.4, -0.2) is 40.5 Å². The Bertz CT molecular complexity index is 424. The zero-order valence-electron chi connectivity index (χ0n) is 12.1. The molecular formula is C14H23F3N4. The van der Waals surface area contributed by atoms with Crippen LogP contribution in [0.4, 0.5) is 13.2 Å². The van der Waals surface area contributed by atoms with Crippen LogP contribution in [-0.2, 0) is 6.54 Å². The summed E-state index contributed by atoms with van der Waals surface area (Å²) in [6.07, 6.45) is 3.56. The maximum atomic E-state index is 12.5. The molecule has 7 heteroatoms. The highest BCUT2D eigenvalue weighted by molar-refractivity contribution is 5.00. The Labute approximate surface area is 123 Å². The largest absolute Gasteiger partial charge is 0.401 e. The Morgan fingerprint density at radius 1 is 1.29 bits per heavy atom. The van der Waals surface area contributed by atoms with Gasteiger partial charge in [0, 0.05) is 25.8 Å². The number of rotatable bonds is 6. The lowest BCUT2D eigenvalue weighted by atomic mass is 9.96. The number of hydrogen-bond donors (Lipinski definition) is 1. The molecule has 120 valence electrons. The van der Waals surface area contributed by atoms with Crippen LogP contribution in [0.1, 0.15) is 43.8 Å². The zero-order chi connectivity index (χ0) is 15.3. The zero-order valence-corrected chi connectivity index (χ0v) is 12.1. The van der Waals surface area contributed by atoms with Crippen molar-refractivity contribution < 1.29 is 13.2 Å². The van der Waals surface area contributed by atoms with Crippen LogP contribution in [0.25, 0.3) is 0 Å². The van der Waals surface area contributed by atoms with Gasteiger partial charge in [0.25, 0.3) is 0 Å². The molecule has 0 aliphatic heterocycles. The first-order chi connectivity index (χ1) is 9.98. The molecule has 1 aliphatic rings. The SMILES string of the molecule is NCCN(Cc1ccn(C2CCCCC2)n1)CC(F)(F)F. The molecule has 0 spiro atoms. The molecule has 2 N–H and O–H groups in total. The van der Waals surface area contributed by atoms with Gasteiger partial charge in [-0.05, 0) is 18.9 Å². The maximum absolute atomic E-state index is 12.5. The van der Waals surface area contributed by atoms with Gasteiger partial charge >= 0.3 is 6.18 Å². The predicted molar refractivity (Wildman–Crippen MR) is 74.7 cm³/mol. The van der Waals surface area contributed by atoms with Crippen LogP contribution < -0.4 is 5.73 Å². The first-order valence-electron chi connectivity index (χ1n) is 7.51. The third-order valence-electron chi connectivity index (χ3n) is 3.85. The van der Waals surface area contributed by atoms with E-state index in [9.17, 15) is 13.2 Å². The Morgan fingerprint density at radius 3 is 2.62 bits per heavy atom. The van der Waals surface area contributed by atoms with Gasteiger partial charge in [-0.25, -0.2) is 0 Å². The summed E-state index contributed by atoms with van der Waals surface area (Å²) >= 11 is 0. The number of hydrogen-bond acceptors (Lipinski definition) is 3. The second kappa shape index (κ2) is 7.26. The van der Waals surface area contributed by atoms with Crippen molar-refractivity contribution in [2.45, 2.75) is 50.9 Å². The van der Waals surface area contributed by atoms with Crippen molar-refractivity contribution in [1.82, 2.24) is 14.7 Å². The summed E-state index contributed by atoms with van der Waals surface area (Å²) in [6, 6.07) is 2.21. The molecule has 21 heavy (non-hydrogen) atoms. The lowest BCUT2D eigenvalue weighted by Gasteiger charge is -2.23. The molecule has 4 nitrogen and oxygen atoms in total. The van der Waals surface area contributed by atoms with Crippen molar-refractivity contribution in [3.63, 3.8) is 0 Å². The minimum Gasteiger partial charge on any atom is -0.329 e. The van der Waals surface area contributed by atoms with E-state index in [-0.39, 0.29) is 19.6 Å². The molecule has 0 unspecified atom stereocenters. The molecule has 0 atom stereocenters. The highest BCUT2D eigenvalue weighted by Crippen LogP contribution is 2.27. The number of halogens is 3. The van der Waals surface area contributed by atoms with Gasteiger partial charge in [0.05, 0.1) is 18.3 Å². The predicted octanol–water partition coefficient (Wildman–Crippen LogP) is 2.71. The molecule has 0 amide bonds. The first-order valence-corrected chi connectivity index (χ1v) is 7.51. The van der Waals surface area contributed by atoms with Crippen LogP contribution in [0, 0.1) is 0 Å². The third-order valence-corrected chi connectivity index (χ3v) is 3.85. The fourth-order valence-corrected chi connectivity index (χ4v) is 2.89. The lowest BCUT2D eigenvalue weighted by molar-refractivity contribution is -0.146. The van der Waals surface area contributed by atoms with E-state index in [1.165, 1.54) is 24.2 Å². The number of nitrogens with two attached hydrogens (primary N) is 1. The van der Waals surface area contributed by atoms with Crippen molar-refractivity contribution in [2.24, 2.45) is 5.73 Å². The second-order valence-electron chi connectivity index (χ2n) is 5.69. The van der Waals surface area contributed by atoms with Gasteiger partial charge in [0.1, 0.15) is 0 Å². The van der Waals surface area contributed by atoms with E-state index in [2.05, 4.69) is 5.10 Å². The van der Waals surface area contributed by atoms with Crippen LogP contribution in [0.15, 0.2) is 12.3 Å². The van der Waals surface area contributed by atoms with Gasteiger partial charge < -0.3 is 5.73 Å². The highest BCUT2D eigenvalue weighted by Gasteiger charge is 2.30. The summed E-state index contributed by atoms with van der Waals surface area (Å²) in [5.74, 6) is 0. The average molecular weight is 304 g/mol. The molecule has 0 aromatic carbocycles. The smallest absolute Gasteiger partial charge is 0.329 e. The third kappa shape index (κ3) is 5.32. The minimum absolute atomic E-state index is 0.191. The summed E-state index contributed by atoms with van der Waals surface area (Å²) < 4.78 is 39.5. The first kappa shape index (κ1) is 16.3. The normalized spacial score (nSPS) is 17.6. The summed E-state index contributed by atoms with van der Waals surface area (Å²) in [4.78, 5) is 1.30. The van der Waals surface area contributed by atoms with Gasteiger partial charge in [0.15, 0.2) is 0 Å². The molecule has 0 saturated heterocycles. The minimum atomic E-state index is -4.21. The van der Waals surface area contributed by atoms with E-state index in [1.807, 2.05) is 16.9 Å². The highest BCUT2D eigenvalue weighted by atomic mass is 19.4. The van der Waals surface area contributed by atoms with E-state index in [0.717, 1.165) is 12.8 Å². The number of aromatic nitrogens is 2. The quantitative estimate of drug-likeness (QED) is 0.879. The Balaban J connectivity index is 1.95. The Kier molecular flexibility index (Phi) is 5.64. The van der Waals surface area contributed by atoms with Crippen LogP contribution in [0.2, 0.25) is 0 Å². The van der Waals surface area contributed by atoms with Gasteiger partial charge in [0.2, 0.25) is 0 Å². The average Bonchev–Trinajstić information content (AvgIpc) is 2.87. The van der Waals surface area contributed by atoms with Crippen molar-refractivity contribution >= 4 is 0 Å². The van der Waals surface area contributed by atoms with Gasteiger partial charge in [-0.15, -0.1) is 0 Å². The molecule has 0 radical (unpaired) electrons. The Morgan fingerprint density at radius 2 is 2.00 bits per heavy atom. The van der Waals surface area contributed by atoms with E-state index in [4.69, 9.17) is 5.73 Å². The summed E-state index contributed by atoms with van der Waals surface area (Å²) in [7, 11) is 0. The summed E-state index contributed by atoms with van der Waals surface area (Å²) in [5, 5.41) is 4.45. The Hall–Kier alpha value is -1.08. The summed E-state index contributed by atoms with van der Waals surface area (Å²) in [5.41, 5.74) is 6.07. The van der Waals surface area contributed by atoms with E-state index < -0.39 is 12.7 Å². The molecule has 2 rings (SSSR count). The van der Waals surface area contributed by atoms with Gasteiger partial charge in [-0.1, -0.05) is 19.3 Å². The van der Waals surface area contributed by atoms with Crippen LogP contribution >= 0.6 is 0 Å². The fraction of sp³-hybridized carbons (Fsp3) is 0.786. The molecule has 1 saturated carbocycles. The molecule has 1 aliphatic carbocycles. The van der Waals surface area contributed by atoms with E-state index in [1.54, 1.807) is 0 Å². The van der Waals surface area contributed by atoms with E-state index >= 15 is 0 Å².